The van der Waals surface area contributed by atoms with E-state index in [0.717, 1.165) is 11.1 Å². The molecule has 194 valence electrons. The van der Waals surface area contributed by atoms with Crippen LogP contribution in [-0.4, -0.2) is 114 Å². The quantitative estimate of drug-likeness (QED) is 0.165. The predicted molar refractivity (Wildman–Crippen MR) is 132 cm³/mol. The molecule has 2 aliphatic heterocycles. The minimum Gasteiger partial charge on any atom is -0.394 e. The van der Waals surface area contributed by atoms with Crippen molar-refractivity contribution in [3.05, 3.63) is 35.4 Å². The first-order valence-corrected chi connectivity index (χ1v) is 15.3. The van der Waals surface area contributed by atoms with Crippen molar-refractivity contribution in [2.45, 2.75) is 71.2 Å². The van der Waals surface area contributed by atoms with Gasteiger partial charge in [-0.15, -0.1) is 0 Å². The van der Waals surface area contributed by atoms with Gasteiger partial charge in [-0.25, -0.2) is 0 Å². The fourth-order valence-corrected chi connectivity index (χ4v) is 8.34. The largest absolute Gasteiger partial charge is 0.394 e. The Morgan fingerprint density at radius 3 is 1.24 bits per heavy atom. The number of aliphatic hydroxyl groups excluding tert-OH is 8. The van der Waals surface area contributed by atoms with Crippen molar-refractivity contribution in [1.82, 2.24) is 0 Å². The molecule has 0 bridgehead atoms. The molecule has 0 spiro atoms. The summed E-state index contributed by atoms with van der Waals surface area (Å²) in [4.78, 5) is 0. The van der Waals surface area contributed by atoms with Gasteiger partial charge < -0.3 is 50.3 Å². The van der Waals surface area contributed by atoms with Crippen LogP contribution in [0, 0.1) is 0 Å². The lowest BCUT2D eigenvalue weighted by Crippen LogP contribution is -2.57. The van der Waals surface area contributed by atoms with Crippen molar-refractivity contribution in [2.75, 3.05) is 13.2 Å². The Morgan fingerprint density at radius 1 is 0.559 bits per heavy atom. The van der Waals surface area contributed by atoms with Gasteiger partial charge in [0, 0.05) is 11.5 Å². The van der Waals surface area contributed by atoms with Gasteiger partial charge in [0.2, 0.25) is 0 Å². The highest BCUT2D eigenvalue weighted by molar-refractivity contribution is 8.76. The van der Waals surface area contributed by atoms with Crippen molar-refractivity contribution in [3.8, 4) is 0 Å². The van der Waals surface area contributed by atoms with E-state index >= 15 is 0 Å². The highest BCUT2D eigenvalue weighted by Gasteiger charge is 2.44. The summed E-state index contributed by atoms with van der Waals surface area (Å²) in [6.07, 6.45) is -9.89. The summed E-state index contributed by atoms with van der Waals surface area (Å²) in [6, 6.07) is 7.81. The van der Waals surface area contributed by atoms with Gasteiger partial charge >= 0.3 is 0 Å². The molecule has 0 saturated carbocycles. The van der Waals surface area contributed by atoms with Gasteiger partial charge in [0.05, 0.1) is 13.2 Å². The van der Waals surface area contributed by atoms with Gasteiger partial charge in [-0.1, -0.05) is 67.4 Å². The molecule has 10 atom stereocenters. The molecule has 0 aromatic heterocycles. The van der Waals surface area contributed by atoms with Crippen LogP contribution in [-0.2, 0) is 21.0 Å². The minimum atomic E-state index is -1.39. The lowest BCUT2D eigenvalue weighted by molar-refractivity contribution is -0.205. The number of ether oxygens (including phenoxy) is 2. The van der Waals surface area contributed by atoms with Crippen molar-refractivity contribution in [2.24, 2.45) is 0 Å². The summed E-state index contributed by atoms with van der Waals surface area (Å²) >= 11 is 0. The molecule has 10 nitrogen and oxygen atoms in total. The lowest BCUT2D eigenvalue weighted by atomic mass is 10.0. The SMILES string of the molecule is OC[C@H]1O[C@@H](SSCc2ccc(CSS[C@@H]3O[C@H](CO)[C@H](O)[C@H](O)[C@H]3O)cc2)[C@H](O)[C@@H](O)[C@H]1O. The topological polar surface area (TPSA) is 180 Å². The van der Waals surface area contributed by atoms with Crippen LogP contribution in [0.5, 0.6) is 0 Å². The first kappa shape index (κ1) is 28.8. The third kappa shape index (κ3) is 7.16. The lowest BCUT2D eigenvalue weighted by Gasteiger charge is -2.39. The van der Waals surface area contributed by atoms with Crippen LogP contribution in [0.25, 0.3) is 0 Å². The molecular formula is C20H30O10S4. The number of benzene rings is 1. The van der Waals surface area contributed by atoms with Crippen molar-refractivity contribution in [1.29, 1.82) is 0 Å². The molecule has 0 unspecified atom stereocenters. The summed E-state index contributed by atoms with van der Waals surface area (Å²) in [5.41, 5.74) is 0.487. The molecule has 1 aromatic carbocycles. The highest BCUT2D eigenvalue weighted by Crippen LogP contribution is 2.39. The van der Waals surface area contributed by atoms with E-state index in [2.05, 4.69) is 0 Å². The van der Waals surface area contributed by atoms with E-state index in [1.54, 1.807) is 0 Å². The molecule has 1 aromatic rings. The van der Waals surface area contributed by atoms with Crippen LogP contribution < -0.4 is 0 Å². The van der Waals surface area contributed by atoms with Gasteiger partial charge in [0.15, 0.2) is 0 Å². The second-order valence-electron chi connectivity index (χ2n) is 7.93. The monoisotopic (exact) mass is 558 g/mol. The maximum absolute atomic E-state index is 10.1. The normalized spacial score (nSPS) is 38.7. The molecule has 34 heavy (non-hydrogen) atoms. The van der Waals surface area contributed by atoms with Gasteiger partial charge in [-0.05, 0) is 11.1 Å². The van der Waals surface area contributed by atoms with E-state index in [1.165, 1.54) is 43.2 Å². The zero-order chi connectivity index (χ0) is 24.8. The number of aliphatic hydroxyl groups is 8. The number of hydrogen-bond donors (Lipinski definition) is 8. The average molecular weight is 559 g/mol. The average Bonchev–Trinajstić information content (AvgIpc) is 2.85. The number of rotatable bonds is 10. The predicted octanol–water partition coefficient (Wildman–Crippen LogP) is -0.951. The third-order valence-electron chi connectivity index (χ3n) is 5.50. The molecule has 0 amide bonds. The molecule has 0 radical (unpaired) electrons. The summed E-state index contributed by atoms with van der Waals surface area (Å²) in [5, 5.41) is 78.1. The van der Waals surface area contributed by atoms with E-state index in [9.17, 15) is 40.9 Å². The second kappa shape index (κ2) is 13.7. The Morgan fingerprint density at radius 2 is 0.912 bits per heavy atom. The Hall–Kier alpha value is 0.220. The van der Waals surface area contributed by atoms with Crippen LogP contribution >= 0.6 is 43.2 Å². The Labute approximate surface area is 212 Å². The maximum Gasteiger partial charge on any atom is 0.142 e. The van der Waals surface area contributed by atoms with Gasteiger partial charge in [0.25, 0.3) is 0 Å². The van der Waals surface area contributed by atoms with Crippen LogP contribution in [0.4, 0.5) is 0 Å². The van der Waals surface area contributed by atoms with E-state index in [4.69, 9.17) is 9.47 Å². The second-order valence-corrected chi connectivity index (χ2v) is 12.9. The molecule has 8 N–H and O–H groups in total. The zero-order valence-corrected chi connectivity index (χ0v) is 21.2. The molecule has 0 aliphatic carbocycles. The molecule has 14 heteroatoms. The van der Waals surface area contributed by atoms with Crippen LogP contribution in [0.15, 0.2) is 24.3 Å². The first-order valence-electron chi connectivity index (χ1n) is 10.5. The molecule has 2 saturated heterocycles. The molecule has 2 heterocycles. The molecule has 3 rings (SSSR count). The Bertz CT molecular complexity index is 682. The van der Waals surface area contributed by atoms with E-state index < -0.39 is 72.9 Å². The van der Waals surface area contributed by atoms with Gasteiger partial charge in [-0.3, -0.25) is 0 Å². The fraction of sp³-hybridized carbons (Fsp3) is 0.700. The number of hydrogen-bond acceptors (Lipinski definition) is 14. The van der Waals surface area contributed by atoms with Gasteiger partial charge in [-0.2, -0.15) is 0 Å². The molecule has 2 fully saturated rings. The first-order chi connectivity index (χ1) is 16.3. The smallest absolute Gasteiger partial charge is 0.142 e. The summed E-state index contributed by atoms with van der Waals surface area (Å²) in [7, 11) is 5.28. The summed E-state index contributed by atoms with van der Waals surface area (Å²) in [6.45, 7) is -0.915. The Balaban J connectivity index is 1.40. The van der Waals surface area contributed by atoms with Crippen molar-refractivity contribution < 1.29 is 50.3 Å². The van der Waals surface area contributed by atoms with E-state index in [-0.39, 0.29) is 0 Å². The summed E-state index contributed by atoms with van der Waals surface area (Å²) < 4.78 is 10.9. The third-order valence-corrected chi connectivity index (χ3v) is 10.5. The standard InChI is InChI=1S/C20H30O10S4/c21-5-11-13(23)15(25)17(27)19(29-11)33-31-7-9-1-2-10(4-3-9)8-32-34-20-18(28)16(26)14(24)12(6-22)30-20/h1-4,11-28H,5-8H2/t11-,12-,13+,14+,15+,16+,17-,18-,19+,20+/m1/s1. The van der Waals surface area contributed by atoms with Crippen LogP contribution in [0.1, 0.15) is 11.1 Å². The van der Waals surface area contributed by atoms with Crippen LogP contribution in [0.3, 0.4) is 0 Å². The maximum atomic E-state index is 10.1. The van der Waals surface area contributed by atoms with Crippen molar-refractivity contribution >= 4 is 43.2 Å². The Kier molecular flexibility index (Phi) is 11.6. The van der Waals surface area contributed by atoms with E-state index in [1.807, 2.05) is 24.3 Å². The zero-order valence-electron chi connectivity index (χ0n) is 17.9. The van der Waals surface area contributed by atoms with Crippen molar-refractivity contribution in [3.63, 3.8) is 0 Å². The fourth-order valence-electron chi connectivity index (χ4n) is 3.36. The molecule has 2 aliphatic rings. The minimum absolute atomic E-state index is 0.458. The summed E-state index contributed by atoms with van der Waals surface area (Å²) in [5.74, 6) is 1.21. The molecular weight excluding hydrogens is 528 g/mol. The highest BCUT2D eigenvalue weighted by atomic mass is 33.1. The van der Waals surface area contributed by atoms with E-state index in [0.29, 0.717) is 11.5 Å². The van der Waals surface area contributed by atoms with Gasteiger partial charge in [0.1, 0.15) is 59.7 Å². The van der Waals surface area contributed by atoms with Crippen LogP contribution in [0.2, 0.25) is 0 Å².